The molecule has 3 heteroatoms. The summed E-state index contributed by atoms with van der Waals surface area (Å²) in [4.78, 5) is 10.8. The molecular formula is C7H15N2O+. The van der Waals surface area contributed by atoms with Gasteiger partial charge >= 0.3 is 0 Å². The number of amides is 1. The van der Waals surface area contributed by atoms with Crippen molar-refractivity contribution in [3.63, 3.8) is 0 Å². The number of nitrogens with zero attached hydrogens (tertiary/aromatic N) is 1. The van der Waals surface area contributed by atoms with Crippen LogP contribution in [0.1, 0.15) is 12.8 Å². The van der Waals surface area contributed by atoms with E-state index in [0.29, 0.717) is 12.6 Å². The molecule has 0 spiro atoms. The molecule has 58 valence electrons. The molecule has 0 saturated carbocycles. The van der Waals surface area contributed by atoms with Gasteiger partial charge in [0.1, 0.15) is 0 Å². The first-order chi connectivity index (χ1) is 4.50. The molecule has 1 aliphatic heterocycles. The molecule has 0 bridgehead atoms. The van der Waals surface area contributed by atoms with Gasteiger partial charge in [0.05, 0.1) is 21.1 Å². The molecule has 1 amide bonds. The molecule has 1 heterocycles. The Hall–Kier alpha value is -0.570. The van der Waals surface area contributed by atoms with Crippen LogP contribution < -0.4 is 5.32 Å². The van der Waals surface area contributed by atoms with Crippen molar-refractivity contribution in [2.75, 3.05) is 21.1 Å². The zero-order valence-electron chi connectivity index (χ0n) is 6.85. The Kier molecular flexibility index (Phi) is 1.68. The van der Waals surface area contributed by atoms with Crippen molar-refractivity contribution in [3.05, 3.63) is 0 Å². The highest BCUT2D eigenvalue weighted by Crippen LogP contribution is 2.12. The Morgan fingerprint density at radius 2 is 2.10 bits per heavy atom. The number of carbonyl (C=O) groups is 1. The van der Waals surface area contributed by atoms with Crippen LogP contribution >= 0.6 is 0 Å². The zero-order valence-corrected chi connectivity index (χ0v) is 6.85. The third-order valence-electron chi connectivity index (χ3n) is 1.91. The van der Waals surface area contributed by atoms with E-state index in [1.54, 1.807) is 0 Å². The smallest absolute Gasteiger partial charge is 0.224 e. The average molecular weight is 143 g/mol. The molecule has 1 aliphatic rings. The first-order valence-electron chi connectivity index (χ1n) is 3.60. The highest BCUT2D eigenvalue weighted by atomic mass is 16.2. The Balaban J connectivity index is 2.53. The fourth-order valence-corrected chi connectivity index (χ4v) is 1.18. The van der Waals surface area contributed by atoms with E-state index in [1.807, 2.05) is 0 Å². The molecule has 0 aromatic rings. The number of quaternary nitrogens is 1. The third kappa shape index (κ3) is 1.48. The minimum atomic E-state index is 0.193. The van der Waals surface area contributed by atoms with Crippen molar-refractivity contribution in [1.82, 2.24) is 5.32 Å². The van der Waals surface area contributed by atoms with Gasteiger partial charge in [0.15, 0.2) is 6.17 Å². The van der Waals surface area contributed by atoms with Crippen LogP contribution in [0.5, 0.6) is 0 Å². The van der Waals surface area contributed by atoms with Gasteiger partial charge < -0.3 is 9.80 Å². The van der Waals surface area contributed by atoms with Crippen molar-refractivity contribution < 1.29 is 9.28 Å². The highest BCUT2D eigenvalue weighted by molar-refractivity contribution is 5.78. The molecule has 0 radical (unpaired) electrons. The van der Waals surface area contributed by atoms with Crippen LogP contribution in [0.25, 0.3) is 0 Å². The summed E-state index contributed by atoms with van der Waals surface area (Å²) < 4.78 is 0.825. The number of hydrogen-bond acceptors (Lipinski definition) is 1. The second-order valence-electron chi connectivity index (χ2n) is 3.74. The van der Waals surface area contributed by atoms with E-state index in [4.69, 9.17) is 0 Å². The fraction of sp³-hybridized carbons (Fsp3) is 0.857. The SMILES string of the molecule is C[N+](C)(C)C1CCC(=O)N1. The quantitative estimate of drug-likeness (QED) is 0.511. The number of carbonyl (C=O) groups excluding carboxylic acids is 1. The molecule has 1 atom stereocenters. The van der Waals surface area contributed by atoms with Crippen LogP contribution in [0.15, 0.2) is 0 Å². The second-order valence-corrected chi connectivity index (χ2v) is 3.74. The van der Waals surface area contributed by atoms with Gasteiger partial charge in [-0.25, -0.2) is 0 Å². The standard InChI is InChI=1S/C7H14N2O/c1-9(2,3)6-4-5-7(10)8-6/h6H,4-5H2,1-3H3/p+1. The normalized spacial score (nSPS) is 26.7. The van der Waals surface area contributed by atoms with Crippen molar-refractivity contribution in [3.8, 4) is 0 Å². The molecule has 1 N–H and O–H groups in total. The molecule has 1 saturated heterocycles. The Morgan fingerprint density at radius 1 is 1.50 bits per heavy atom. The van der Waals surface area contributed by atoms with E-state index in [2.05, 4.69) is 26.5 Å². The maximum atomic E-state index is 10.8. The van der Waals surface area contributed by atoms with E-state index < -0.39 is 0 Å². The van der Waals surface area contributed by atoms with Crippen LogP contribution in [0.4, 0.5) is 0 Å². The largest absolute Gasteiger partial charge is 0.311 e. The fourth-order valence-electron chi connectivity index (χ4n) is 1.18. The van der Waals surface area contributed by atoms with E-state index in [0.717, 1.165) is 10.9 Å². The van der Waals surface area contributed by atoms with E-state index in [-0.39, 0.29) is 5.91 Å². The minimum Gasteiger partial charge on any atom is -0.311 e. The summed E-state index contributed by atoms with van der Waals surface area (Å²) >= 11 is 0. The van der Waals surface area contributed by atoms with E-state index in [1.165, 1.54) is 0 Å². The summed E-state index contributed by atoms with van der Waals surface area (Å²) in [6.07, 6.45) is 2.00. The molecule has 3 nitrogen and oxygen atoms in total. The number of hydrogen-bond donors (Lipinski definition) is 1. The van der Waals surface area contributed by atoms with Gasteiger partial charge in [0.25, 0.3) is 0 Å². The summed E-state index contributed by atoms with van der Waals surface area (Å²) in [5.41, 5.74) is 0. The molecule has 1 rings (SSSR count). The van der Waals surface area contributed by atoms with Crippen LogP contribution in [0.2, 0.25) is 0 Å². The van der Waals surface area contributed by atoms with Gasteiger partial charge in [-0.15, -0.1) is 0 Å². The number of rotatable bonds is 1. The number of nitrogens with one attached hydrogen (secondary N) is 1. The van der Waals surface area contributed by atoms with Gasteiger partial charge in [-0.05, 0) is 0 Å². The van der Waals surface area contributed by atoms with E-state index in [9.17, 15) is 4.79 Å². The Morgan fingerprint density at radius 3 is 2.30 bits per heavy atom. The van der Waals surface area contributed by atoms with Gasteiger partial charge in [-0.3, -0.25) is 4.79 Å². The maximum Gasteiger partial charge on any atom is 0.224 e. The lowest BCUT2D eigenvalue weighted by Crippen LogP contribution is -2.51. The van der Waals surface area contributed by atoms with Gasteiger partial charge in [-0.1, -0.05) is 0 Å². The molecule has 0 aromatic carbocycles. The van der Waals surface area contributed by atoms with Crippen LogP contribution in [-0.4, -0.2) is 37.7 Å². The van der Waals surface area contributed by atoms with E-state index >= 15 is 0 Å². The molecule has 1 fully saturated rings. The van der Waals surface area contributed by atoms with Crippen molar-refractivity contribution in [2.45, 2.75) is 19.0 Å². The van der Waals surface area contributed by atoms with Crippen molar-refractivity contribution >= 4 is 5.91 Å². The van der Waals surface area contributed by atoms with Crippen LogP contribution in [0, 0.1) is 0 Å². The summed E-state index contributed by atoms with van der Waals surface area (Å²) in [5.74, 6) is 0.193. The predicted molar refractivity (Wildman–Crippen MR) is 39.2 cm³/mol. The van der Waals surface area contributed by atoms with Crippen molar-refractivity contribution in [1.29, 1.82) is 0 Å². The monoisotopic (exact) mass is 143 g/mol. The summed E-state index contributed by atoms with van der Waals surface area (Å²) in [6.45, 7) is 0. The lowest BCUT2D eigenvalue weighted by molar-refractivity contribution is -0.897. The van der Waals surface area contributed by atoms with Gasteiger partial charge in [-0.2, -0.15) is 0 Å². The molecule has 0 aliphatic carbocycles. The first kappa shape index (κ1) is 7.54. The lowest BCUT2D eigenvalue weighted by Gasteiger charge is -2.30. The topological polar surface area (TPSA) is 29.1 Å². The predicted octanol–water partition coefficient (Wildman–Crippen LogP) is -0.0713. The van der Waals surface area contributed by atoms with Gasteiger partial charge in [0.2, 0.25) is 5.91 Å². The van der Waals surface area contributed by atoms with Gasteiger partial charge in [0, 0.05) is 12.8 Å². The van der Waals surface area contributed by atoms with Crippen molar-refractivity contribution in [2.24, 2.45) is 0 Å². The molecule has 0 aromatic heterocycles. The zero-order chi connectivity index (χ0) is 7.78. The Bertz CT molecular complexity index is 148. The summed E-state index contributed by atoms with van der Waals surface area (Å²) in [6, 6.07) is 0. The third-order valence-corrected chi connectivity index (χ3v) is 1.91. The highest BCUT2D eigenvalue weighted by Gasteiger charge is 2.30. The van der Waals surface area contributed by atoms with Crippen LogP contribution in [-0.2, 0) is 4.79 Å². The average Bonchev–Trinajstić information content (AvgIpc) is 2.11. The minimum absolute atomic E-state index is 0.193. The lowest BCUT2D eigenvalue weighted by atomic mass is 10.3. The molecule has 10 heavy (non-hydrogen) atoms. The molecule has 1 unspecified atom stereocenters. The maximum absolute atomic E-state index is 10.8. The van der Waals surface area contributed by atoms with Crippen LogP contribution in [0.3, 0.4) is 0 Å². The molecular weight excluding hydrogens is 128 g/mol. The summed E-state index contributed by atoms with van der Waals surface area (Å²) in [7, 11) is 6.28. The summed E-state index contributed by atoms with van der Waals surface area (Å²) in [5, 5.41) is 2.93. The first-order valence-corrected chi connectivity index (χ1v) is 3.60. The Labute approximate surface area is 61.6 Å². The second kappa shape index (κ2) is 2.23.